The molecule has 7 heterocycles. The zero-order chi connectivity index (χ0) is 82.3. The number of aliphatic hydroxyl groups is 1. The van der Waals surface area contributed by atoms with Crippen LogP contribution in [0.25, 0.3) is 0 Å². The Bertz CT molecular complexity index is 3650. The maximum absolute atomic E-state index is 13.7. The van der Waals surface area contributed by atoms with Crippen molar-refractivity contribution in [3.8, 4) is 0 Å². The highest BCUT2D eigenvalue weighted by Crippen LogP contribution is 2.47. The molecule has 0 spiro atoms. The summed E-state index contributed by atoms with van der Waals surface area (Å²) in [6, 6.07) is 50.1. The van der Waals surface area contributed by atoms with Crippen LogP contribution in [0.3, 0.4) is 0 Å². The van der Waals surface area contributed by atoms with E-state index in [2.05, 4.69) is 111 Å². The van der Waals surface area contributed by atoms with E-state index < -0.39 is 117 Å². The topological polar surface area (TPSA) is 213 Å². The van der Waals surface area contributed by atoms with E-state index in [1.54, 1.807) is 0 Å². The Balaban J connectivity index is 0.868. The lowest BCUT2D eigenvalue weighted by atomic mass is 9.78. The van der Waals surface area contributed by atoms with Crippen LogP contribution in [-0.4, -0.2) is 173 Å². The molecule has 12 rings (SSSR count). The number of rotatable bonds is 35. The summed E-state index contributed by atoms with van der Waals surface area (Å²) in [4.78, 5) is 13.0. The predicted octanol–water partition coefficient (Wildman–Crippen LogP) is 16.2. The van der Waals surface area contributed by atoms with Gasteiger partial charge in [0.1, 0.15) is 48.8 Å². The highest BCUT2D eigenvalue weighted by atomic mass is 16.8. The number of hydrogen-bond donors (Lipinski definition) is 1. The molecule has 642 valence electrons. The van der Waals surface area contributed by atoms with Gasteiger partial charge in [0.15, 0.2) is 50.1 Å². The van der Waals surface area contributed by atoms with Crippen molar-refractivity contribution >= 4 is 5.97 Å². The van der Waals surface area contributed by atoms with E-state index in [4.69, 9.17) is 90.0 Å². The third-order valence-electron chi connectivity index (χ3n) is 27.2. The first-order valence-electron chi connectivity index (χ1n) is 43.5. The minimum absolute atomic E-state index is 0.00625. The van der Waals surface area contributed by atoms with Crippen molar-refractivity contribution in [2.75, 3.05) is 26.4 Å². The van der Waals surface area contributed by atoms with Gasteiger partial charge in [0.2, 0.25) is 0 Å². The van der Waals surface area contributed by atoms with Crippen molar-refractivity contribution in [1.82, 2.24) is 0 Å². The van der Waals surface area contributed by atoms with Crippen LogP contribution in [-0.2, 0) is 128 Å². The Morgan fingerprint density at radius 3 is 1.03 bits per heavy atom. The standard InChI is InChI=1S/C95H136O21/c1-18-74-56(5)55(4)65(14)90(105-74)115-86-61(10)58(7)76(20-3)107-94(86)116-87-81(97)78(109-95(88(87)101-49-72-42-32-24-33-43-72)113-82-63(12)66(15)89(102-50-73-44-34-25-35-45-73)110-79(82)52-99-47-70-38-28-22-29-39-70)54-103-92-84(60(9)57(6)75(19-2)106-92)114-91-67(16)64(13)83(80(111-91)53-100-48-71-40-30-23-31-41-71)112-93-85(104-68(17)96)62(11)59(8)77(108-93)51-98-46-69-36-26-21-27-37-69/h21-45,55-67,74-95,97H,18-20,46-54H2,1-17H3/t55?,56-,57-,58+,59+,60?,61+,62?,63?,64?,65-,66-,67-,74?,75?,76?,77?,78?,79?,80?,81+,82-,83-,84+,85-,86?,87?,88+,89+,90-,91-,92-,93-,94-,95-/m0/s1. The number of carbonyl (C=O) groups excluding carboxylic acids is 1. The van der Waals surface area contributed by atoms with Gasteiger partial charge in [0, 0.05) is 30.6 Å². The fourth-order valence-corrected chi connectivity index (χ4v) is 18.2. The molecular formula is C95H136O21. The molecule has 116 heavy (non-hydrogen) atoms. The molecule has 0 aliphatic carbocycles. The van der Waals surface area contributed by atoms with Crippen LogP contribution in [0.15, 0.2) is 152 Å². The number of hydrogen-bond acceptors (Lipinski definition) is 21. The maximum atomic E-state index is 13.7. The minimum atomic E-state index is -1.45. The Morgan fingerprint density at radius 1 is 0.276 bits per heavy atom. The van der Waals surface area contributed by atoms with Gasteiger partial charge in [-0.2, -0.15) is 0 Å². The van der Waals surface area contributed by atoms with Gasteiger partial charge in [-0.05, 0) is 100 Å². The van der Waals surface area contributed by atoms with Gasteiger partial charge >= 0.3 is 5.97 Å². The molecule has 35 atom stereocenters. The van der Waals surface area contributed by atoms with Crippen molar-refractivity contribution in [1.29, 1.82) is 0 Å². The van der Waals surface area contributed by atoms with Crippen LogP contribution in [0, 0.1) is 76.9 Å². The van der Waals surface area contributed by atoms with E-state index in [0.717, 1.165) is 34.2 Å². The van der Waals surface area contributed by atoms with Crippen molar-refractivity contribution in [3.63, 3.8) is 0 Å². The zero-order valence-corrected chi connectivity index (χ0v) is 71.7. The lowest BCUT2D eigenvalue weighted by Gasteiger charge is -2.52. The fraction of sp³-hybridized carbons (Fsp3) is 0.674. The molecule has 5 aromatic carbocycles. The highest BCUT2D eigenvalue weighted by Gasteiger charge is 2.57. The second-order valence-electron chi connectivity index (χ2n) is 34.7. The van der Waals surface area contributed by atoms with Crippen molar-refractivity contribution in [3.05, 3.63) is 179 Å². The van der Waals surface area contributed by atoms with Crippen LogP contribution in [0.4, 0.5) is 0 Å². The number of carbonyl (C=O) groups is 1. The van der Waals surface area contributed by atoms with E-state index in [9.17, 15) is 9.90 Å². The zero-order valence-electron chi connectivity index (χ0n) is 71.7. The summed E-state index contributed by atoms with van der Waals surface area (Å²) in [7, 11) is 0. The van der Waals surface area contributed by atoms with Crippen molar-refractivity contribution in [2.45, 2.75) is 306 Å². The minimum Gasteiger partial charge on any atom is -0.457 e. The first kappa shape index (κ1) is 90.1. The predicted molar refractivity (Wildman–Crippen MR) is 437 cm³/mol. The molecular weight excluding hydrogens is 1480 g/mol. The van der Waals surface area contributed by atoms with E-state index in [-0.39, 0.29) is 116 Å². The first-order valence-corrected chi connectivity index (χ1v) is 43.5. The third-order valence-corrected chi connectivity index (χ3v) is 27.2. The van der Waals surface area contributed by atoms with E-state index in [1.165, 1.54) is 6.92 Å². The Hall–Kier alpha value is -5.19. The van der Waals surface area contributed by atoms with E-state index in [1.807, 2.05) is 152 Å². The van der Waals surface area contributed by atoms with Gasteiger partial charge < -0.3 is 95.1 Å². The van der Waals surface area contributed by atoms with Crippen LogP contribution >= 0.6 is 0 Å². The Kier molecular flexibility index (Phi) is 33.4. The molecule has 0 radical (unpaired) electrons. The third kappa shape index (κ3) is 22.4. The van der Waals surface area contributed by atoms with Crippen LogP contribution in [0.2, 0.25) is 0 Å². The second-order valence-corrected chi connectivity index (χ2v) is 34.7. The van der Waals surface area contributed by atoms with Crippen LogP contribution in [0.1, 0.15) is 165 Å². The van der Waals surface area contributed by atoms with Gasteiger partial charge in [-0.1, -0.05) is 262 Å². The molecule has 7 aliphatic rings. The van der Waals surface area contributed by atoms with Gasteiger partial charge in [0.25, 0.3) is 0 Å². The smallest absolute Gasteiger partial charge is 0.303 e. The van der Waals surface area contributed by atoms with Gasteiger partial charge in [0.05, 0.1) is 96.1 Å². The first-order chi connectivity index (χ1) is 56.0. The summed E-state index contributed by atoms with van der Waals surface area (Å²) >= 11 is 0. The van der Waals surface area contributed by atoms with Crippen LogP contribution in [0.5, 0.6) is 0 Å². The van der Waals surface area contributed by atoms with Crippen molar-refractivity contribution < 1.29 is 99.9 Å². The molecule has 0 bridgehead atoms. The molecule has 5 aromatic rings. The largest absolute Gasteiger partial charge is 0.457 e. The summed E-state index contributed by atoms with van der Waals surface area (Å²) in [6.07, 6.45) is -14.7. The molecule has 21 nitrogen and oxygen atoms in total. The molecule has 0 aromatic heterocycles. The van der Waals surface area contributed by atoms with E-state index >= 15 is 0 Å². The Morgan fingerprint density at radius 2 is 0.578 bits per heavy atom. The quantitative estimate of drug-likeness (QED) is 0.0373. The lowest BCUT2D eigenvalue weighted by Crippen LogP contribution is -2.65. The summed E-state index contributed by atoms with van der Waals surface area (Å²) in [5.74, 6) is -1.14. The molecule has 14 unspecified atom stereocenters. The summed E-state index contributed by atoms with van der Waals surface area (Å²) in [6.45, 7) is 37.9. The van der Waals surface area contributed by atoms with Crippen LogP contribution < -0.4 is 0 Å². The molecule has 1 N–H and O–H groups in total. The number of esters is 1. The van der Waals surface area contributed by atoms with Gasteiger partial charge in [-0.15, -0.1) is 0 Å². The monoisotopic (exact) mass is 1610 g/mol. The summed E-state index contributed by atoms with van der Waals surface area (Å²) in [5.41, 5.74) is 4.96. The number of aliphatic hydroxyl groups excluding tert-OH is 1. The summed E-state index contributed by atoms with van der Waals surface area (Å²) < 4.78 is 134. The molecule has 7 aliphatic heterocycles. The molecule has 7 saturated heterocycles. The molecule has 7 fully saturated rings. The highest BCUT2D eigenvalue weighted by molar-refractivity contribution is 5.66. The normalized spacial score (nSPS) is 39.6. The summed E-state index contributed by atoms with van der Waals surface area (Å²) in [5, 5.41) is 13.7. The Labute approximate surface area is 690 Å². The van der Waals surface area contributed by atoms with Crippen molar-refractivity contribution in [2.24, 2.45) is 76.9 Å². The average Bonchev–Trinajstić information content (AvgIpc) is 0.768. The van der Waals surface area contributed by atoms with Gasteiger partial charge in [-0.25, -0.2) is 0 Å². The lowest BCUT2D eigenvalue weighted by molar-refractivity contribution is -0.392. The fourth-order valence-electron chi connectivity index (χ4n) is 18.2. The molecule has 0 saturated carbocycles. The number of ether oxygens (including phenoxy) is 19. The second kappa shape index (κ2) is 43.0. The van der Waals surface area contributed by atoms with E-state index in [0.29, 0.717) is 57.7 Å². The SMILES string of the molecule is CCC1O[C@H](OCC2O[C@@H](O[C@@H]3C(COCc4ccccc4)O[C@@H](OCc4ccccc4)[C@@H](C)C3C)[C@H](OCc3ccccc3)C(O[C@@H]3OC(CC)[C@H](C)[C@@H](C)C3O[C@@H]3OC(CC)[C@@H](C)C(C)[C@@H]3C)[C@@H]2O)[C@H](O[C@@H]2OC(COCc3ccccc3)[C@@H](O[C@@H]3OC(COCc4ccccc4)[C@H](C)C(C)[C@@H]3OC(C)=O)C(C)[C@@H]2C)C(C)[C@@H]1C. The average molecular weight is 1610 g/mol. The molecule has 0 amide bonds. The number of benzene rings is 5. The maximum Gasteiger partial charge on any atom is 0.303 e. The van der Waals surface area contributed by atoms with Gasteiger partial charge in [-0.3, -0.25) is 4.79 Å². The molecule has 21 heteroatoms.